The maximum Gasteiger partial charge on any atom is 0.209 e. The highest BCUT2D eigenvalue weighted by Gasteiger charge is 2.09. The molecule has 0 aliphatic carbocycles. The standard InChI is InChI=1S/C13H13N5O2S/c1-19-10-4-2-9(3-5-10)12-6-11(20-17-12)7-21-13-16-15-8-18(13)14/h2-6,8H,7,14H2,1H3. The second kappa shape index (κ2) is 5.88. The van der Waals surface area contributed by atoms with Crippen molar-refractivity contribution < 1.29 is 9.26 Å². The summed E-state index contributed by atoms with van der Waals surface area (Å²) in [5, 5.41) is 12.3. The molecule has 0 unspecified atom stereocenters. The number of nitrogen functional groups attached to an aromatic ring is 1. The highest BCUT2D eigenvalue weighted by Crippen LogP contribution is 2.25. The SMILES string of the molecule is COc1ccc(-c2cc(CSc3nncn3N)on2)cc1. The molecular weight excluding hydrogens is 290 g/mol. The predicted molar refractivity (Wildman–Crippen MR) is 78.2 cm³/mol. The first kappa shape index (κ1) is 13.5. The van der Waals surface area contributed by atoms with Crippen LogP contribution in [0.1, 0.15) is 5.76 Å². The number of ether oxygens (including phenoxy) is 1. The summed E-state index contributed by atoms with van der Waals surface area (Å²) in [6, 6.07) is 9.53. The van der Waals surface area contributed by atoms with Gasteiger partial charge >= 0.3 is 0 Å². The normalized spacial score (nSPS) is 10.7. The molecule has 8 heteroatoms. The maximum atomic E-state index is 5.64. The molecule has 0 amide bonds. The van der Waals surface area contributed by atoms with Crippen molar-refractivity contribution in [2.24, 2.45) is 0 Å². The van der Waals surface area contributed by atoms with Gasteiger partial charge in [-0.25, -0.2) is 4.68 Å². The lowest BCUT2D eigenvalue weighted by molar-refractivity contribution is 0.397. The second-order valence-corrected chi connectivity index (χ2v) is 5.16. The molecule has 2 aromatic heterocycles. The Morgan fingerprint density at radius 3 is 2.81 bits per heavy atom. The largest absolute Gasteiger partial charge is 0.497 e. The molecule has 0 aliphatic rings. The van der Waals surface area contributed by atoms with Crippen molar-refractivity contribution >= 4 is 11.8 Å². The summed E-state index contributed by atoms with van der Waals surface area (Å²) in [5.41, 5.74) is 1.75. The first-order valence-electron chi connectivity index (χ1n) is 6.14. The Hall–Kier alpha value is -2.48. The number of rotatable bonds is 5. The van der Waals surface area contributed by atoms with Crippen LogP contribution in [0.3, 0.4) is 0 Å². The molecular formula is C13H13N5O2S. The van der Waals surface area contributed by atoms with E-state index in [1.165, 1.54) is 22.8 Å². The second-order valence-electron chi connectivity index (χ2n) is 4.22. The lowest BCUT2D eigenvalue weighted by atomic mass is 10.1. The Kier molecular flexibility index (Phi) is 3.78. The van der Waals surface area contributed by atoms with Crippen LogP contribution >= 0.6 is 11.8 Å². The highest BCUT2D eigenvalue weighted by atomic mass is 32.2. The summed E-state index contributed by atoms with van der Waals surface area (Å²) in [6.07, 6.45) is 1.45. The summed E-state index contributed by atoms with van der Waals surface area (Å²) < 4.78 is 11.8. The fourth-order valence-electron chi connectivity index (χ4n) is 1.75. The summed E-state index contributed by atoms with van der Waals surface area (Å²) in [4.78, 5) is 0. The van der Waals surface area contributed by atoms with Crippen LogP contribution in [0.4, 0.5) is 0 Å². The predicted octanol–water partition coefficient (Wildman–Crippen LogP) is 1.95. The van der Waals surface area contributed by atoms with Gasteiger partial charge in [0.05, 0.1) is 12.9 Å². The minimum absolute atomic E-state index is 0.582. The van der Waals surface area contributed by atoms with Crippen molar-refractivity contribution in [2.75, 3.05) is 13.0 Å². The average molecular weight is 303 g/mol. The minimum atomic E-state index is 0.582. The van der Waals surface area contributed by atoms with Crippen molar-refractivity contribution in [1.29, 1.82) is 0 Å². The molecule has 2 heterocycles. The van der Waals surface area contributed by atoms with Crippen LogP contribution in [0.15, 0.2) is 46.3 Å². The molecule has 3 aromatic rings. The number of hydrogen-bond acceptors (Lipinski definition) is 7. The smallest absolute Gasteiger partial charge is 0.209 e. The molecule has 2 N–H and O–H groups in total. The molecule has 0 aliphatic heterocycles. The van der Waals surface area contributed by atoms with E-state index in [4.69, 9.17) is 15.1 Å². The van der Waals surface area contributed by atoms with E-state index >= 15 is 0 Å². The van der Waals surface area contributed by atoms with E-state index in [0.717, 1.165) is 22.8 Å². The summed E-state index contributed by atoms with van der Waals surface area (Å²) in [6.45, 7) is 0. The van der Waals surface area contributed by atoms with E-state index in [1.807, 2.05) is 30.3 Å². The van der Waals surface area contributed by atoms with Crippen LogP contribution in [0.2, 0.25) is 0 Å². The number of thioether (sulfide) groups is 1. The fourth-order valence-corrected chi connectivity index (χ4v) is 2.46. The number of nitrogens with zero attached hydrogens (tertiary/aromatic N) is 4. The fraction of sp³-hybridized carbons (Fsp3) is 0.154. The minimum Gasteiger partial charge on any atom is -0.497 e. The summed E-state index contributed by atoms with van der Waals surface area (Å²) in [5.74, 6) is 7.77. The van der Waals surface area contributed by atoms with Crippen LogP contribution in [0, 0.1) is 0 Å². The monoisotopic (exact) mass is 303 g/mol. The molecule has 0 saturated carbocycles. The van der Waals surface area contributed by atoms with Crippen molar-refractivity contribution in [3.8, 4) is 17.0 Å². The molecule has 1 aromatic carbocycles. The van der Waals surface area contributed by atoms with Gasteiger partial charge in [-0.15, -0.1) is 10.2 Å². The zero-order chi connectivity index (χ0) is 14.7. The molecule has 0 bridgehead atoms. The molecule has 7 nitrogen and oxygen atoms in total. The quantitative estimate of drug-likeness (QED) is 0.569. The van der Waals surface area contributed by atoms with Crippen LogP contribution < -0.4 is 10.6 Å². The van der Waals surface area contributed by atoms with Gasteiger partial charge in [0, 0.05) is 11.6 Å². The lowest BCUT2D eigenvalue weighted by Gasteiger charge is -1.99. The van der Waals surface area contributed by atoms with Crippen LogP contribution in [-0.2, 0) is 5.75 Å². The van der Waals surface area contributed by atoms with Gasteiger partial charge in [-0.05, 0) is 24.3 Å². The van der Waals surface area contributed by atoms with Crippen LogP contribution in [0.25, 0.3) is 11.3 Å². The number of nitrogens with two attached hydrogens (primary N) is 1. The maximum absolute atomic E-state index is 5.64. The van der Waals surface area contributed by atoms with Gasteiger partial charge in [0.15, 0.2) is 0 Å². The molecule has 0 radical (unpaired) electrons. The third-order valence-electron chi connectivity index (χ3n) is 2.83. The Morgan fingerprint density at radius 2 is 2.14 bits per heavy atom. The molecule has 3 rings (SSSR count). The van der Waals surface area contributed by atoms with Crippen LogP contribution in [0.5, 0.6) is 5.75 Å². The molecule has 0 fully saturated rings. The van der Waals surface area contributed by atoms with Crippen molar-refractivity contribution in [1.82, 2.24) is 20.0 Å². The van der Waals surface area contributed by atoms with Gasteiger partial charge in [-0.2, -0.15) is 0 Å². The Morgan fingerprint density at radius 1 is 1.33 bits per heavy atom. The van der Waals surface area contributed by atoms with Crippen molar-refractivity contribution in [3.63, 3.8) is 0 Å². The summed E-state index contributed by atoms with van der Waals surface area (Å²) in [7, 11) is 1.64. The van der Waals surface area contributed by atoms with E-state index in [-0.39, 0.29) is 0 Å². The number of methoxy groups -OCH3 is 1. The van der Waals surface area contributed by atoms with E-state index in [1.54, 1.807) is 7.11 Å². The van der Waals surface area contributed by atoms with Gasteiger partial charge < -0.3 is 15.1 Å². The average Bonchev–Trinajstić information content (AvgIpc) is 3.14. The van der Waals surface area contributed by atoms with Gasteiger partial charge in [0.25, 0.3) is 0 Å². The zero-order valence-electron chi connectivity index (χ0n) is 11.3. The van der Waals surface area contributed by atoms with Crippen molar-refractivity contribution in [3.05, 3.63) is 42.4 Å². The lowest BCUT2D eigenvalue weighted by Crippen LogP contribution is -2.07. The Balaban J connectivity index is 1.69. The summed E-state index contributed by atoms with van der Waals surface area (Å²) >= 11 is 1.43. The van der Waals surface area contributed by atoms with Gasteiger partial charge in [0.1, 0.15) is 23.5 Å². The topological polar surface area (TPSA) is 92.0 Å². The van der Waals surface area contributed by atoms with Gasteiger partial charge in [-0.3, -0.25) is 0 Å². The first-order valence-corrected chi connectivity index (χ1v) is 7.13. The van der Waals surface area contributed by atoms with Crippen LogP contribution in [-0.4, -0.2) is 27.1 Å². The van der Waals surface area contributed by atoms with E-state index in [2.05, 4.69) is 15.4 Å². The zero-order valence-corrected chi connectivity index (χ0v) is 12.1. The number of aromatic nitrogens is 4. The van der Waals surface area contributed by atoms with Gasteiger partial charge in [0.2, 0.25) is 5.16 Å². The van der Waals surface area contributed by atoms with E-state index in [9.17, 15) is 0 Å². The molecule has 108 valence electrons. The van der Waals surface area contributed by atoms with E-state index < -0.39 is 0 Å². The third-order valence-corrected chi connectivity index (χ3v) is 3.81. The highest BCUT2D eigenvalue weighted by molar-refractivity contribution is 7.98. The molecule has 0 spiro atoms. The Bertz CT molecular complexity index is 722. The molecule has 21 heavy (non-hydrogen) atoms. The number of benzene rings is 1. The third kappa shape index (κ3) is 3.00. The van der Waals surface area contributed by atoms with E-state index in [0.29, 0.717) is 10.9 Å². The van der Waals surface area contributed by atoms with Gasteiger partial charge in [-0.1, -0.05) is 16.9 Å². The van der Waals surface area contributed by atoms with Crippen molar-refractivity contribution in [2.45, 2.75) is 10.9 Å². The first-order chi connectivity index (χ1) is 10.3. The Labute approximate surface area is 125 Å². The molecule has 0 atom stereocenters. The molecule has 0 saturated heterocycles. The number of hydrogen-bond donors (Lipinski definition) is 1.